The summed E-state index contributed by atoms with van der Waals surface area (Å²) in [5.41, 5.74) is 6.07. The summed E-state index contributed by atoms with van der Waals surface area (Å²) in [5, 5.41) is 0. The van der Waals surface area contributed by atoms with Crippen LogP contribution in [0.2, 0.25) is 0 Å². The molecule has 1 fully saturated rings. The molecule has 90 valence electrons. The number of hydrogen-bond donors (Lipinski definition) is 1. The predicted molar refractivity (Wildman–Crippen MR) is 63.9 cm³/mol. The first-order chi connectivity index (χ1) is 7.04. The van der Waals surface area contributed by atoms with E-state index in [-0.39, 0.29) is 5.54 Å². The topological polar surface area (TPSA) is 38.5 Å². The molecule has 0 radical (unpaired) electrons. The molecule has 3 heteroatoms. The molecule has 1 heterocycles. The third-order valence-corrected chi connectivity index (χ3v) is 4.09. The molecule has 15 heavy (non-hydrogen) atoms. The second kappa shape index (κ2) is 5.28. The SMILES string of the molecule is COC1CCCN(C(C)(CN)C(C)C)C1. The Kier molecular flexibility index (Phi) is 4.56. The summed E-state index contributed by atoms with van der Waals surface area (Å²) >= 11 is 0. The zero-order valence-electron chi connectivity index (χ0n) is 10.6. The average molecular weight is 214 g/mol. The summed E-state index contributed by atoms with van der Waals surface area (Å²) < 4.78 is 5.46. The van der Waals surface area contributed by atoms with Crippen molar-refractivity contribution in [2.75, 3.05) is 26.7 Å². The van der Waals surface area contributed by atoms with Gasteiger partial charge in [0, 0.05) is 25.7 Å². The van der Waals surface area contributed by atoms with Crippen molar-refractivity contribution in [3.63, 3.8) is 0 Å². The Hall–Kier alpha value is -0.120. The van der Waals surface area contributed by atoms with Crippen LogP contribution in [0.25, 0.3) is 0 Å². The number of ether oxygens (including phenoxy) is 1. The molecule has 0 saturated carbocycles. The van der Waals surface area contributed by atoms with Crippen molar-refractivity contribution >= 4 is 0 Å². The first-order valence-electron chi connectivity index (χ1n) is 6.02. The Bertz CT molecular complexity index is 196. The monoisotopic (exact) mass is 214 g/mol. The fourth-order valence-electron chi connectivity index (χ4n) is 2.32. The molecule has 0 aromatic heterocycles. The van der Waals surface area contributed by atoms with Crippen LogP contribution in [0.4, 0.5) is 0 Å². The fourth-order valence-corrected chi connectivity index (χ4v) is 2.32. The Morgan fingerprint density at radius 2 is 2.20 bits per heavy atom. The van der Waals surface area contributed by atoms with Crippen LogP contribution in [-0.2, 0) is 4.74 Å². The Labute approximate surface area is 94.0 Å². The molecule has 0 amide bonds. The number of likely N-dealkylation sites (tertiary alicyclic amines) is 1. The van der Waals surface area contributed by atoms with Gasteiger partial charge < -0.3 is 10.5 Å². The maximum absolute atomic E-state index is 5.94. The van der Waals surface area contributed by atoms with Crippen LogP contribution >= 0.6 is 0 Å². The smallest absolute Gasteiger partial charge is 0.0698 e. The highest BCUT2D eigenvalue weighted by molar-refractivity contribution is 4.93. The maximum Gasteiger partial charge on any atom is 0.0698 e. The van der Waals surface area contributed by atoms with Crippen LogP contribution in [0.15, 0.2) is 0 Å². The number of methoxy groups -OCH3 is 1. The summed E-state index contributed by atoms with van der Waals surface area (Å²) in [4.78, 5) is 2.51. The van der Waals surface area contributed by atoms with Gasteiger partial charge in [0.05, 0.1) is 6.10 Å². The average Bonchev–Trinajstić information content (AvgIpc) is 2.27. The number of hydrogen-bond acceptors (Lipinski definition) is 3. The molecular weight excluding hydrogens is 188 g/mol. The summed E-state index contributed by atoms with van der Waals surface area (Å²) in [6.07, 6.45) is 2.80. The van der Waals surface area contributed by atoms with E-state index in [1.807, 2.05) is 7.11 Å². The molecule has 1 saturated heterocycles. The highest BCUT2D eigenvalue weighted by Gasteiger charge is 2.36. The van der Waals surface area contributed by atoms with E-state index >= 15 is 0 Å². The van der Waals surface area contributed by atoms with Gasteiger partial charge in [-0.1, -0.05) is 13.8 Å². The van der Waals surface area contributed by atoms with Gasteiger partial charge in [-0.2, -0.15) is 0 Å². The lowest BCUT2D eigenvalue weighted by molar-refractivity contribution is -0.0268. The van der Waals surface area contributed by atoms with Crippen molar-refractivity contribution in [1.29, 1.82) is 0 Å². The van der Waals surface area contributed by atoms with E-state index in [0.29, 0.717) is 12.0 Å². The number of rotatable bonds is 4. The van der Waals surface area contributed by atoms with E-state index in [1.54, 1.807) is 0 Å². The van der Waals surface area contributed by atoms with E-state index in [1.165, 1.54) is 12.8 Å². The van der Waals surface area contributed by atoms with E-state index in [9.17, 15) is 0 Å². The van der Waals surface area contributed by atoms with Gasteiger partial charge in [-0.25, -0.2) is 0 Å². The Balaban J connectivity index is 2.67. The van der Waals surface area contributed by atoms with Crippen LogP contribution < -0.4 is 5.73 Å². The molecule has 0 spiro atoms. The Morgan fingerprint density at radius 1 is 1.53 bits per heavy atom. The third-order valence-electron chi connectivity index (χ3n) is 4.09. The molecule has 0 aromatic rings. The van der Waals surface area contributed by atoms with Crippen LogP contribution in [0, 0.1) is 5.92 Å². The molecule has 1 aliphatic heterocycles. The summed E-state index contributed by atoms with van der Waals surface area (Å²) in [6.45, 7) is 9.69. The Morgan fingerprint density at radius 3 is 2.67 bits per heavy atom. The molecule has 0 bridgehead atoms. The van der Waals surface area contributed by atoms with Gasteiger partial charge in [0.15, 0.2) is 0 Å². The first kappa shape index (κ1) is 12.9. The number of nitrogens with zero attached hydrogens (tertiary/aromatic N) is 1. The third kappa shape index (κ3) is 2.71. The molecule has 3 nitrogen and oxygen atoms in total. The van der Waals surface area contributed by atoms with Crippen molar-refractivity contribution in [2.45, 2.75) is 45.3 Å². The molecule has 2 unspecified atom stereocenters. The summed E-state index contributed by atoms with van der Waals surface area (Å²) in [5.74, 6) is 0.582. The van der Waals surface area contributed by atoms with Crippen molar-refractivity contribution in [1.82, 2.24) is 4.90 Å². The van der Waals surface area contributed by atoms with Gasteiger partial charge in [-0.3, -0.25) is 4.90 Å². The molecule has 1 rings (SSSR count). The normalized spacial score (nSPS) is 28.0. The summed E-state index contributed by atoms with van der Waals surface area (Å²) in [7, 11) is 1.81. The largest absolute Gasteiger partial charge is 0.380 e. The lowest BCUT2D eigenvalue weighted by atomic mass is 9.85. The summed E-state index contributed by atoms with van der Waals surface area (Å²) in [6, 6.07) is 0. The van der Waals surface area contributed by atoms with Gasteiger partial charge in [0.2, 0.25) is 0 Å². The van der Waals surface area contributed by atoms with Crippen LogP contribution in [0.1, 0.15) is 33.6 Å². The van der Waals surface area contributed by atoms with Crippen LogP contribution in [-0.4, -0.2) is 43.3 Å². The zero-order valence-corrected chi connectivity index (χ0v) is 10.6. The second-order valence-electron chi connectivity index (χ2n) is 5.16. The number of nitrogens with two attached hydrogens (primary N) is 1. The molecule has 0 aliphatic carbocycles. The number of piperidine rings is 1. The second-order valence-corrected chi connectivity index (χ2v) is 5.16. The molecular formula is C12H26N2O. The van der Waals surface area contributed by atoms with Crippen LogP contribution in [0.3, 0.4) is 0 Å². The van der Waals surface area contributed by atoms with Gasteiger partial charge >= 0.3 is 0 Å². The minimum absolute atomic E-state index is 0.122. The molecule has 2 atom stereocenters. The van der Waals surface area contributed by atoms with Gasteiger partial charge in [0.1, 0.15) is 0 Å². The highest BCUT2D eigenvalue weighted by Crippen LogP contribution is 2.27. The zero-order chi connectivity index (χ0) is 11.5. The lowest BCUT2D eigenvalue weighted by Crippen LogP contribution is -2.59. The van der Waals surface area contributed by atoms with E-state index in [4.69, 9.17) is 10.5 Å². The van der Waals surface area contributed by atoms with Gasteiger partial charge in [-0.15, -0.1) is 0 Å². The van der Waals surface area contributed by atoms with Gasteiger partial charge in [0.25, 0.3) is 0 Å². The predicted octanol–water partition coefficient (Wildman–Crippen LogP) is 1.47. The van der Waals surface area contributed by atoms with Crippen molar-refractivity contribution in [3.05, 3.63) is 0 Å². The van der Waals surface area contributed by atoms with E-state index in [0.717, 1.165) is 19.6 Å². The maximum atomic E-state index is 5.94. The van der Waals surface area contributed by atoms with Crippen molar-refractivity contribution < 1.29 is 4.74 Å². The van der Waals surface area contributed by atoms with Gasteiger partial charge in [-0.05, 0) is 32.2 Å². The lowest BCUT2D eigenvalue weighted by Gasteiger charge is -2.47. The molecule has 1 aliphatic rings. The molecule has 2 N–H and O–H groups in total. The standard InChI is InChI=1S/C12H26N2O/c1-10(2)12(3,9-13)14-7-5-6-11(8-14)15-4/h10-11H,5-9,13H2,1-4H3. The fraction of sp³-hybridized carbons (Fsp3) is 1.00. The van der Waals surface area contributed by atoms with Crippen molar-refractivity contribution in [3.8, 4) is 0 Å². The van der Waals surface area contributed by atoms with E-state index < -0.39 is 0 Å². The minimum atomic E-state index is 0.122. The quantitative estimate of drug-likeness (QED) is 0.770. The molecule has 0 aromatic carbocycles. The minimum Gasteiger partial charge on any atom is -0.380 e. The van der Waals surface area contributed by atoms with E-state index in [2.05, 4.69) is 25.7 Å². The van der Waals surface area contributed by atoms with Crippen LogP contribution in [0.5, 0.6) is 0 Å². The first-order valence-corrected chi connectivity index (χ1v) is 6.02. The van der Waals surface area contributed by atoms with Crippen molar-refractivity contribution in [2.24, 2.45) is 11.7 Å². The highest BCUT2D eigenvalue weighted by atomic mass is 16.5.